The minimum Gasteiger partial charge on any atom is -0.493 e. The Morgan fingerprint density at radius 3 is 2.66 bits per heavy atom. The molecule has 1 aromatic heterocycles. The number of nitriles is 1. The average Bonchev–Trinajstić information content (AvgIpc) is 2.90. The van der Waals surface area contributed by atoms with Crippen LogP contribution < -0.4 is 20.5 Å². The number of carbonyl (C=O) groups is 1. The van der Waals surface area contributed by atoms with Crippen LogP contribution in [0.1, 0.15) is 43.2 Å². The highest BCUT2D eigenvalue weighted by Gasteiger charge is 2.24. The minimum atomic E-state index is -0.565. The SMILES string of the molecule is COc1cc(C=NNc2nc(-c3ccccc3)c(C#N)c(=O)[nH]2)ccc1OC(=O)C1CCCCC1. The molecule has 1 heterocycles. The van der Waals surface area contributed by atoms with Crippen molar-refractivity contribution in [2.75, 3.05) is 12.5 Å². The van der Waals surface area contributed by atoms with Gasteiger partial charge in [0.25, 0.3) is 5.56 Å². The molecule has 9 heteroatoms. The molecule has 0 unspecified atom stereocenters. The van der Waals surface area contributed by atoms with Crippen LogP contribution in [0.15, 0.2) is 58.4 Å². The van der Waals surface area contributed by atoms with Gasteiger partial charge >= 0.3 is 5.97 Å². The second-order valence-corrected chi connectivity index (χ2v) is 8.15. The van der Waals surface area contributed by atoms with Crippen molar-refractivity contribution in [3.05, 3.63) is 70.0 Å². The van der Waals surface area contributed by atoms with E-state index in [2.05, 4.69) is 20.5 Å². The van der Waals surface area contributed by atoms with Crippen molar-refractivity contribution in [3.63, 3.8) is 0 Å². The first-order valence-corrected chi connectivity index (χ1v) is 11.4. The molecule has 35 heavy (non-hydrogen) atoms. The van der Waals surface area contributed by atoms with E-state index >= 15 is 0 Å². The van der Waals surface area contributed by atoms with Crippen molar-refractivity contribution in [3.8, 4) is 28.8 Å². The van der Waals surface area contributed by atoms with Crippen LogP contribution in [-0.4, -0.2) is 29.3 Å². The van der Waals surface area contributed by atoms with Gasteiger partial charge in [0.15, 0.2) is 11.5 Å². The number of benzene rings is 2. The number of methoxy groups -OCH3 is 1. The standard InChI is InChI=1S/C26H25N5O4/c1-34-22-14-17(12-13-21(22)35-25(33)19-10-6-3-7-11-19)16-28-31-26-29-23(18-8-4-2-5-9-18)20(15-27)24(32)30-26/h2,4-5,8-9,12-14,16,19H,3,6-7,10-11H2,1H3,(H2,29,30,31,32). The number of ether oxygens (including phenoxy) is 2. The quantitative estimate of drug-likeness (QED) is 0.228. The van der Waals surface area contributed by atoms with E-state index in [9.17, 15) is 14.9 Å². The number of hydrazone groups is 1. The van der Waals surface area contributed by atoms with Crippen molar-refractivity contribution in [1.82, 2.24) is 9.97 Å². The molecular formula is C26H25N5O4. The summed E-state index contributed by atoms with van der Waals surface area (Å²) in [4.78, 5) is 31.7. The van der Waals surface area contributed by atoms with Crippen LogP contribution in [0.3, 0.4) is 0 Å². The van der Waals surface area contributed by atoms with Crippen LogP contribution >= 0.6 is 0 Å². The zero-order chi connectivity index (χ0) is 24.6. The van der Waals surface area contributed by atoms with E-state index in [0.29, 0.717) is 22.6 Å². The second kappa shape index (κ2) is 11.1. The predicted octanol–water partition coefficient (Wildman–Crippen LogP) is 4.25. The summed E-state index contributed by atoms with van der Waals surface area (Å²) >= 11 is 0. The summed E-state index contributed by atoms with van der Waals surface area (Å²) in [6.07, 6.45) is 6.48. The van der Waals surface area contributed by atoms with Gasteiger partial charge in [0.2, 0.25) is 5.95 Å². The zero-order valence-corrected chi connectivity index (χ0v) is 19.3. The maximum absolute atomic E-state index is 12.5. The lowest BCUT2D eigenvalue weighted by Gasteiger charge is -2.20. The van der Waals surface area contributed by atoms with Gasteiger partial charge in [-0.15, -0.1) is 0 Å². The lowest BCUT2D eigenvalue weighted by atomic mass is 9.89. The monoisotopic (exact) mass is 471 g/mol. The van der Waals surface area contributed by atoms with E-state index in [0.717, 1.165) is 32.1 Å². The average molecular weight is 472 g/mol. The molecule has 2 aromatic carbocycles. The van der Waals surface area contributed by atoms with E-state index < -0.39 is 5.56 Å². The van der Waals surface area contributed by atoms with Crippen molar-refractivity contribution >= 4 is 18.1 Å². The molecule has 0 radical (unpaired) electrons. The van der Waals surface area contributed by atoms with Gasteiger partial charge in [-0.25, -0.2) is 10.4 Å². The molecule has 0 amide bonds. The molecule has 2 N–H and O–H groups in total. The third-order valence-corrected chi connectivity index (χ3v) is 5.80. The largest absolute Gasteiger partial charge is 0.493 e. The fraction of sp³-hybridized carbons (Fsp3) is 0.269. The Morgan fingerprint density at radius 2 is 1.94 bits per heavy atom. The van der Waals surface area contributed by atoms with Crippen LogP contribution in [0.2, 0.25) is 0 Å². The molecule has 0 bridgehead atoms. The van der Waals surface area contributed by atoms with Crippen LogP contribution in [0.5, 0.6) is 11.5 Å². The summed E-state index contributed by atoms with van der Waals surface area (Å²) in [6.45, 7) is 0. The highest BCUT2D eigenvalue weighted by molar-refractivity contribution is 5.82. The lowest BCUT2D eigenvalue weighted by molar-refractivity contribution is -0.140. The van der Waals surface area contributed by atoms with Gasteiger partial charge in [0, 0.05) is 5.56 Å². The number of nitrogens with zero attached hydrogens (tertiary/aromatic N) is 3. The molecular weight excluding hydrogens is 446 g/mol. The predicted molar refractivity (Wildman–Crippen MR) is 131 cm³/mol. The maximum Gasteiger partial charge on any atom is 0.314 e. The highest BCUT2D eigenvalue weighted by atomic mass is 16.6. The second-order valence-electron chi connectivity index (χ2n) is 8.15. The smallest absolute Gasteiger partial charge is 0.314 e. The number of rotatable bonds is 7. The number of nitrogens with one attached hydrogen (secondary N) is 2. The molecule has 1 aliphatic rings. The number of aromatic nitrogens is 2. The van der Waals surface area contributed by atoms with Crippen LogP contribution in [0.4, 0.5) is 5.95 Å². The first kappa shape index (κ1) is 23.7. The molecule has 0 aliphatic heterocycles. The Labute approximate surface area is 202 Å². The summed E-state index contributed by atoms with van der Waals surface area (Å²) < 4.78 is 11.0. The number of hydrogen-bond donors (Lipinski definition) is 2. The highest BCUT2D eigenvalue weighted by Crippen LogP contribution is 2.31. The van der Waals surface area contributed by atoms with Gasteiger partial charge < -0.3 is 9.47 Å². The summed E-state index contributed by atoms with van der Waals surface area (Å²) in [5.41, 5.74) is 3.63. The molecule has 9 nitrogen and oxygen atoms in total. The first-order chi connectivity index (χ1) is 17.1. The van der Waals surface area contributed by atoms with Gasteiger partial charge in [0.05, 0.1) is 24.9 Å². The summed E-state index contributed by atoms with van der Waals surface area (Å²) in [5, 5.41) is 13.5. The van der Waals surface area contributed by atoms with Gasteiger partial charge in [-0.05, 0) is 36.6 Å². The Kier molecular flexibility index (Phi) is 7.53. The molecule has 1 saturated carbocycles. The number of H-pyrrole nitrogens is 1. The normalized spacial score (nSPS) is 13.8. The van der Waals surface area contributed by atoms with Gasteiger partial charge in [-0.2, -0.15) is 10.4 Å². The number of esters is 1. The number of carbonyl (C=O) groups excluding carboxylic acids is 1. The van der Waals surface area contributed by atoms with Crippen LogP contribution in [0.25, 0.3) is 11.3 Å². The summed E-state index contributed by atoms with van der Waals surface area (Å²) in [7, 11) is 1.50. The van der Waals surface area contributed by atoms with Crippen LogP contribution in [0, 0.1) is 17.2 Å². The fourth-order valence-electron chi connectivity index (χ4n) is 3.98. The zero-order valence-electron chi connectivity index (χ0n) is 19.3. The Hall–Kier alpha value is -4.45. The van der Waals surface area contributed by atoms with Crippen molar-refractivity contribution in [1.29, 1.82) is 5.26 Å². The van der Waals surface area contributed by atoms with E-state index in [-0.39, 0.29) is 29.1 Å². The molecule has 4 rings (SSSR count). The summed E-state index contributed by atoms with van der Waals surface area (Å²) in [6, 6.07) is 16.0. The molecule has 0 spiro atoms. The van der Waals surface area contributed by atoms with E-state index in [1.165, 1.54) is 13.3 Å². The number of anilines is 1. The molecule has 178 valence electrons. The maximum atomic E-state index is 12.5. The van der Waals surface area contributed by atoms with Crippen LogP contribution in [-0.2, 0) is 4.79 Å². The van der Waals surface area contributed by atoms with Gasteiger partial charge in [-0.1, -0.05) is 49.6 Å². The fourth-order valence-corrected chi connectivity index (χ4v) is 3.98. The molecule has 1 fully saturated rings. The Morgan fingerprint density at radius 1 is 1.17 bits per heavy atom. The molecule has 0 saturated heterocycles. The first-order valence-electron chi connectivity index (χ1n) is 11.4. The molecule has 0 atom stereocenters. The lowest BCUT2D eigenvalue weighted by Crippen LogP contribution is -2.22. The van der Waals surface area contributed by atoms with Crippen molar-refractivity contribution < 1.29 is 14.3 Å². The van der Waals surface area contributed by atoms with E-state index in [1.807, 2.05) is 12.1 Å². The Bertz CT molecular complexity index is 1320. The number of hydrogen-bond acceptors (Lipinski definition) is 8. The molecule has 3 aromatic rings. The van der Waals surface area contributed by atoms with Crippen molar-refractivity contribution in [2.24, 2.45) is 11.0 Å². The number of aromatic amines is 1. The third kappa shape index (κ3) is 5.73. The summed E-state index contributed by atoms with van der Waals surface area (Å²) in [5.74, 6) is 0.570. The van der Waals surface area contributed by atoms with Gasteiger partial charge in [-0.3, -0.25) is 14.6 Å². The third-order valence-electron chi connectivity index (χ3n) is 5.80. The minimum absolute atomic E-state index is 0.0678. The topological polar surface area (TPSA) is 129 Å². The van der Waals surface area contributed by atoms with E-state index in [4.69, 9.17) is 9.47 Å². The van der Waals surface area contributed by atoms with Crippen molar-refractivity contribution in [2.45, 2.75) is 32.1 Å². The Balaban J connectivity index is 1.48. The van der Waals surface area contributed by atoms with Gasteiger partial charge in [0.1, 0.15) is 11.6 Å². The van der Waals surface area contributed by atoms with E-state index in [1.54, 1.807) is 42.5 Å². The molecule has 1 aliphatic carbocycles.